The van der Waals surface area contributed by atoms with Crippen LogP contribution in [0.1, 0.15) is 23.2 Å². The zero-order valence-corrected chi connectivity index (χ0v) is 10.8. The van der Waals surface area contributed by atoms with Gasteiger partial charge in [-0.25, -0.2) is 0 Å². The quantitative estimate of drug-likeness (QED) is 0.419. The van der Waals surface area contributed by atoms with Gasteiger partial charge in [0.05, 0.1) is 17.6 Å². The number of likely N-dealkylation sites (tertiary alicyclic amines) is 1. The van der Waals surface area contributed by atoms with Gasteiger partial charge < -0.3 is 15.4 Å². The number of amides is 1. The smallest absolute Gasteiger partial charge is 0.282 e. The Balaban J connectivity index is 2.39. The van der Waals surface area contributed by atoms with E-state index < -0.39 is 10.8 Å². The molecule has 1 amide bonds. The second kappa shape index (κ2) is 5.85. The molecule has 0 saturated carbocycles. The number of benzene rings is 1. The van der Waals surface area contributed by atoms with E-state index in [4.69, 9.17) is 5.84 Å². The average molecular weight is 280 g/mol. The number of nitrogens with zero attached hydrogens (tertiary/aromatic N) is 2. The van der Waals surface area contributed by atoms with Gasteiger partial charge in [-0.15, -0.1) is 0 Å². The van der Waals surface area contributed by atoms with Crippen LogP contribution in [0.4, 0.5) is 11.4 Å². The number of nitro benzene ring substituents is 1. The lowest BCUT2D eigenvalue weighted by molar-refractivity contribution is -0.385. The summed E-state index contributed by atoms with van der Waals surface area (Å²) in [6.45, 7) is 0.343. The molecule has 1 heterocycles. The maximum Gasteiger partial charge on any atom is 0.282 e. The van der Waals surface area contributed by atoms with Crippen LogP contribution < -0.4 is 11.3 Å². The zero-order chi connectivity index (χ0) is 14.7. The van der Waals surface area contributed by atoms with Crippen LogP contribution in [0.15, 0.2) is 18.2 Å². The molecule has 0 radical (unpaired) electrons. The van der Waals surface area contributed by atoms with Crippen molar-refractivity contribution in [1.29, 1.82) is 0 Å². The molecule has 8 nitrogen and oxygen atoms in total. The number of anilines is 1. The molecule has 20 heavy (non-hydrogen) atoms. The van der Waals surface area contributed by atoms with Gasteiger partial charge in [-0.3, -0.25) is 20.8 Å². The minimum atomic E-state index is -0.600. The first-order chi connectivity index (χ1) is 9.58. The van der Waals surface area contributed by atoms with Crippen LogP contribution >= 0.6 is 0 Å². The monoisotopic (exact) mass is 280 g/mol. The van der Waals surface area contributed by atoms with Crippen LogP contribution in [0.3, 0.4) is 0 Å². The number of hydrazine groups is 1. The summed E-state index contributed by atoms with van der Waals surface area (Å²) in [5.41, 5.74) is 2.49. The van der Waals surface area contributed by atoms with Crippen molar-refractivity contribution in [2.75, 3.05) is 18.6 Å². The minimum Gasteiger partial charge on any atom is -0.394 e. The molecule has 1 aromatic carbocycles. The molecular weight excluding hydrogens is 264 g/mol. The summed E-state index contributed by atoms with van der Waals surface area (Å²) in [7, 11) is 0. The first-order valence-corrected chi connectivity index (χ1v) is 6.25. The first-order valence-electron chi connectivity index (χ1n) is 6.25. The van der Waals surface area contributed by atoms with Crippen LogP contribution in [0.2, 0.25) is 0 Å². The summed E-state index contributed by atoms with van der Waals surface area (Å²) >= 11 is 0. The van der Waals surface area contributed by atoms with Crippen molar-refractivity contribution in [1.82, 2.24) is 4.90 Å². The molecule has 1 unspecified atom stereocenters. The maximum absolute atomic E-state index is 12.5. The Morgan fingerprint density at radius 2 is 2.35 bits per heavy atom. The third-order valence-electron chi connectivity index (χ3n) is 3.44. The minimum absolute atomic E-state index is 0.0224. The molecule has 0 spiro atoms. The van der Waals surface area contributed by atoms with Gasteiger partial charge in [-0.2, -0.15) is 0 Å². The topological polar surface area (TPSA) is 122 Å². The number of nitrogen functional groups attached to an aromatic ring is 1. The summed E-state index contributed by atoms with van der Waals surface area (Å²) in [5, 5.41) is 20.3. The van der Waals surface area contributed by atoms with E-state index in [9.17, 15) is 20.0 Å². The van der Waals surface area contributed by atoms with E-state index >= 15 is 0 Å². The molecular formula is C12H16N4O4. The van der Waals surface area contributed by atoms with Crippen LogP contribution in [0.5, 0.6) is 0 Å². The summed E-state index contributed by atoms with van der Waals surface area (Å²) in [6, 6.07) is 3.75. The van der Waals surface area contributed by atoms with Crippen molar-refractivity contribution >= 4 is 17.3 Å². The molecule has 8 heteroatoms. The lowest BCUT2D eigenvalue weighted by Crippen LogP contribution is -2.37. The third kappa shape index (κ3) is 2.56. The van der Waals surface area contributed by atoms with Crippen LogP contribution in [-0.4, -0.2) is 40.0 Å². The maximum atomic E-state index is 12.5. The standard InChI is InChI=1S/C12H16N4O4/c13-14-8-3-4-11(16(19)20)10(6-8)12(18)15-5-1-2-9(15)7-17/h3-4,6,9,14,17H,1-2,5,7,13H2. The van der Waals surface area contributed by atoms with E-state index in [1.165, 1.54) is 23.1 Å². The summed E-state index contributed by atoms with van der Waals surface area (Å²) in [5.74, 6) is 4.81. The first kappa shape index (κ1) is 14.2. The predicted molar refractivity (Wildman–Crippen MR) is 72.1 cm³/mol. The number of hydrogen-bond acceptors (Lipinski definition) is 6. The molecule has 4 N–H and O–H groups in total. The predicted octanol–water partition coefficient (Wildman–Crippen LogP) is 0.477. The van der Waals surface area contributed by atoms with E-state index in [0.717, 1.165) is 6.42 Å². The number of nitrogens with two attached hydrogens (primary N) is 1. The van der Waals surface area contributed by atoms with Crippen molar-refractivity contribution in [3.05, 3.63) is 33.9 Å². The molecule has 1 aromatic rings. The van der Waals surface area contributed by atoms with E-state index in [-0.39, 0.29) is 23.9 Å². The second-order valence-electron chi connectivity index (χ2n) is 4.61. The van der Waals surface area contributed by atoms with E-state index in [1.54, 1.807) is 0 Å². The SMILES string of the molecule is NNc1ccc([N+](=O)[O-])c(C(=O)N2CCCC2CO)c1. The Kier molecular flexibility index (Phi) is 4.16. The molecule has 108 valence electrons. The number of aliphatic hydroxyl groups excluding tert-OH is 1. The summed E-state index contributed by atoms with van der Waals surface area (Å²) in [6.07, 6.45) is 1.48. The highest BCUT2D eigenvalue weighted by Gasteiger charge is 2.32. The molecule has 1 aliphatic rings. The summed E-state index contributed by atoms with van der Waals surface area (Å²) < 4.78 is 0. The Labute approximate surface area is 115 Å². The van der Waals surface area contributed by atoms with E-state index in [2.05, 4.69) is 5.43 Å². The van der Waals surface area contributed by atoms with Crippen LogP contribution in [0.25, 0.3) is 0 Å². The molecule has 1 aliphatic heterocycles. The number of hydrogen-bond donors (Lipinski definition) is 3. The van der Waals surface area contributed by atoms with Gasteiger partial charge in [0.15, 0.2) is 0 Å². The fraction of sp³-hybridized carbons (Fsp3) is 0.417. The Morgan fingerprint density at radius 1 is 1.60 bits per heavy atom. The normalized spacial score (nSPS) is 18.1. The highest BCUT2D eigenvalue weighted by Crippen LogP contribution is 2.27. The van der Waals surface area contributed by atoms with Gasteiger partial charge in [0, 0.05) is 18.3 Å². The molecule has 0 aromatic heterocycles. The Bertz CT molecular complexity index is 534. The van der Waals surface area contributed by atoms with Gasteiger partial charge in [0.1, 0.15) is 5.56 Å². The number of nitro groups is 1. The zero-order valence-electron chi connectivity index (χ0n) is 10.8. The van der Waals surface area contributed by atoms with E-state index in [0.29, 0.717) is 18.7 Å². The van der Waals surface area contributed by atoms with Crippen molar-refractivity contribution in [2.45, 2.75) is 18.9 Å². The van der Waals surface area contributed by atoms with Gasteiger partial charge in [0.2, 0.25) is 0 Å². The molecule has 2 rings (SSSR count). The van der Waals surface area contributed by atoms with E-state index in [1.807, 2.05) is 0 Å². The number of rotatable bonds is 4. The number of aliphatic hydroxyl groups is 1. The van der Waals surface area contributed by atoms with Gasteiger partial charge in [-0.05, 0) is 25.0 Å². The van der Waals surface area contributed by atoms with Crippen LogP contribution in [0, 0.1) is 10.1 Å². The summed E-state index contributed by atoms with van der Waals surface area (Å²) in [4.78, 5) is 24.4. The van der Waals surface area contributed by atoms with Gasteiger partial charge in [0.25, 0.3) is 11.6 Å². The number of carbonyl (C=O) groups is 1. The highest BCUT2D eigenvalue weighted by molar-refractivity contribution is 5.99. The molecule has 0 aliphatic carbocycles. The second-order valence-corrected chi connectivity index (χ2v) is 4.61. The average Bonchev–Trinajstić information content (AvgIpc) is 2.94. The molecule has 0 bridgehead atoms. The van der Waals surface area contributed by atoms with Crippen molar-refractivity contribution in [3.8, 4) is 0 Å². The fourth-order valence-electron chi connectivity index (χ4n) is 2.40. The molecule has 1 atom stereocenters. The lowest BCUT2D eigenvalue weighted by Gasteiger charge is -2.23. The molecule has 1 saturated heterocycles. The Hall–Kier alpha value is -2.19. The number of carbonyl (C=O) groups excluding carboxylic acids is 1. The largest absolute Gasteiger partial charge is 0.394 e. The lowest BCUT2D eigenvalue weighted by atomic mass is 10.1. The Morgan fingerprint density at radius 3 is 2.95 bits per heavy atom. The fourth-order valence-corrected chi connectivity index (χ4v) is 2.40. The van der Waals surface area contributed by atoms with Crippen LogP contribution in [-0.2, 0) is 0 Å². The van der Waals surface area contributed by atoms with Crippen molar-refractivity contribution in [2.24, 2.45) is 5.84 Å². The third-order valence-corrected chi connectivity index (χ3v) is 3.44. The van der Waals surface area contributed by atoms with Gasteiger partial charge >= 0.3 is 0 Å². The van der Waals surface area contributed by atoms with Crippen molar-refractivity contribution in [3.63, 3.8) is 0 Å². The van der Waals surface area contributed by atoms with Gasteiger partial charge in [-0.1, -0.05) is 0 Å². The van der Waals surface area contributed by atoms with Crippen molar-refractivity contribution < 1.29 is 14.8 Å². The number of nitrogens with one attached hydrogen (secondary N) is 1. The molecule has 1 fully saturated rings. The highest BCUT2D eigenvalue weighted by atomic mass is 16.6.